The lowest BCUT2D eigenvalue weighted by Gasteiger charge is -2.05. The average molecular weight is 247 g/mol. The molecule has 0 saturated carbocycles. The van der Waals surface area contributed by atoms with E-state index in [1.165, 1.54) is 24.7 Å². The van der Waals surface area contributed by atoms with Crippen LogP contribution < -0.4 is 0 Å². The predicted octanol–water partition coefficient (Wildman–Crippen LogP) is 1.34. The summed E-state index contributed by atoms with van der Waals surface area (Å²) >= 11 is 0. The van der Waals surface area contributed by atoms with E-state index in [1.807, 2.05) is 0 Å². The maximum absolute atomic E-state index is 11.5. The molecule has 0 N–H and O–H groups in total. The van der Waals surface area contributed by atoms with Gasteiger partial charge in [-0.25, -0.2) is 14.3 Å². The summed E-state index contributed by atoms with van der Waals surface area (Å²) in [5, 5.41) is 4.24. The first kappa shape index (κ1) is 12.2. The molecule has 0 aromatic carbocycles. The largest absolute Gasteiger partial charge is 0.465 e. The molecule has 2 aromatic heterocycles. The number of esters is 1. The monoisotopic (exact) mass is 247 g/mol. The number of rotatable bonds is 2. The summed E-state index contributed by atoms with van der Waals surface area (Å²) in [6.07, 6.45) is 1.41. The number of nitrogens with zero attached hydrogens (tertiary/aromatic N) is 3. The fourth-order valence-electron chi connectivity index (χ4n) is 1.92. The fraction of sp³-hybridized carbons (Fsp3) is 0.333. The Hall–Kier alpha value is -2.24. The highest BCUT2D eigenvalue weighted by Crippen LogP contribution is 2.17. The number of Topliss-reactive ketones (excluding diaryl/α,β-unsaturated/α-hetero) is 1. The molecule has 0 unspecified atom stereocenters. The quantitative estimate of drug-likeness (QED) is 0.591. The Labute approximate surface area is 104 Å². The van der Waals surface area contributed by atoms with Crippen molar-refractivity contribution >= 4 is 17.4 Å². The van der Waals surface area contributed by atoms with Gasteiger partial charge >= 0.3 is 5.97 Å². The highest BCUT2D eigenvalue weighted by atomic mass is 16.5. The second-order valence-corrected chi connectivity index (χ2v) is 4.00. The summed E-state index contributed by atoms with van der Waals surface area (Å²) in [4.78, 5) is 27.2. The van der Waals surface area contributed by atoms with E-state index in [1.54, 1.807) is 13.8 Å². The second-order valence-electron chi connectivity index (χ2n) is 4.00. The van der Waals surface area contributed by atoms with Crippen LogP contribution in [-0.4, -0.2) is 33.5 Å². The summed E-state index contributed by atoms with van der Waals surface area (Å²) < 4.78 is 6.16. The zero-order valence-electron chi connectivity index (χ0n) is 10.6. The van der Waals surface area contributed by atoms with Crippen molar-refractivity contribution < 1.29 is 14.3 Å². The predicted molar refractivity (Wildman–Crippen MR) is 63.8 cm³/mol. The smallest absolute Gasteiger partial charge is 0.341 e. The third kappa shape index (κ3) is 1.66. The van der Waals surface area contributed by atoms with Crippen LogP contribution in [0.3, 0.4) is 0 Å². The van der Waals surface area contributed by atoms with E-state index >= 15 is 0 Å². The van der Waals surface area contributed by atoms with E-state index in [-0.39, 0.29) is 5.78 Å². The first-order chi connectivity index (χ1) is 8.47. The molecule has 0 aliphatic rings. The molecular weight excluding hydrogens is 234 g/mol. The normalized spacial score (nSPS) is 10.7. The number of aromatic nitrogens is 3. The number of hydrogen-bond donors (Lipinski definition) is 0. The molecule has 2 rings (SSSR count). The lowest BCUT2D eigenvalue weighted by atomic mass is 10.2. The minimum absolute atomic E-state index is 0.0970. The molecular formula is C12H13N3O3. The third-order valence-electron chi connectivity index (χ3n) is 2.82. The molecule has 0 atom stereocenters. The molecule has 94 valence electrons. The van der Waals surface area contributed by atoms with E-state index < -0.39 is 5.97 Å². The number of ether oxygens (including phenoxy) is 1. The van der Waals surface area contributed by atoms with Crippen LogP contribution in [-0.2, 0) is 4.74 Å². The van der Waals surface area contributed by atoms with Crippen LogP contribution in [0.25, 0.3) is 5.65 Å². The lowest BCUT2D eigenvalue weighted by molar-refractivity contribution is 0.0598. The summed E-state index contributed by atoms with van der Waals surface area (Å²) in [6.45, 7) is 4.94. The van der Waals surface area contributed by atoms with Crippen molar-refractivity contribution in [1.82, 2.24) is 14.6 Å². The standard InChI is InChI=1S/C12H13N3O3/c1-6-10(8(3)16)11-13-5-9(12(17)18-4)7(2)15(11)14-6/h5H,1-4H3. The molecule has 0 saturated heterocycles. The van der Waals surface area contributed by atoms with Crippen LogP contribution in [0.5, 0.6) is 0 Å². The van der Waals surface area contributed by atoms with Crippen molar-refractivity contribution in [2.75, 3.05) is 7.11 Å². The topological polar surface area (TPSA) is 73.6 Å². The van der Waals surface area contributed by atoms with E-state index in [2.05, 4.69) is 14.8 Å². The zero-order valence-corrected chi connectivity index (χ0v) is 10.6. The Kier molecular flexibility index (Phi) is 2.86. The number of aryl methyl sites for hydroxylation is 2. The van der Waals surface area contributed by atoms with Crippen molar-refractivity contribution in [3.63, 3.8) is 0 Å². The Balaban J connectivity index is 2.78. The van der Waals surface area contributed by atoms with Crippen LogP contribution in [0.2, 0.25) is 0 Å². The van der Waals surface area contributed by atoms with Crippen LogP contribution in [0.4, 0.5) is 0 Å². The van der Waals surface area contributed by atoms with Crippen LogP contribution in [0.15, 0.2) is 6.20 Å². The highest BCUT2D eigenvalue weighted by Gasteiger charge is 2.19. The minimum Gasteiger partial charge on any atom is -0.465 e. The second kappa shape index (κ2) is 4.21. The van der Waals surface area contributed by atoms with Crippen molar-refractivity contribution in [2.24, 2.45) is 0 Å². The first-order valence-corrected chi connectivity index (χ1v) is 5.41. The zero-order chi connectivity index (χ0) is 13.4. The summed E-state index contributed by atoms with van der Waals surface area (Å²) in [5.74, 6) is -0.570. The van der Waals surface area contributed by atoms with E-state index in [0.29, 0.717) is 28.2 Å². The SMILES string of the molecule is COC(=O)c1cnc2c(C(C)=O)c(C)nn2c1C. The summed E-state index contributed by atoms with van der Waals surface area (Å²) in [7, 11) is 1.31. The van der Waals surface area contributed by atoms with Gasteiger partial charge in [-0.2, -0.15) is 5.10 Å². The molecule has 6 nitrogen and oxygen atoms in total. The maximum Gasteiger partial charge on any atom is 0.341 e. The summed E-state index contributed by atoms with van der Waals surface area (Å²) in [6, 6.07) is 0. The number of fused-ring (bicyclic) bond motifs is 1. The maximum atomic E-state index is 11.5. The fourth-order valence-corrected chi connectivity index (χ4v) is 1.92. The van der Waals surface area contributed by atoms with Gasteiger partial charge in [-0.1, -0.05) is 0 Å². The Morgan fingerprint density at radius 1 is 1.33 bits per heavy atom. The van der Waals surface area contributed by atoms with Gasteiger partial charge in [0.2, 0.25) is 0 Å². The van der Waals surface area contributed by atoms with Crippen LogP contribution in [0.1, 0.15) is 39.0 Å². The van der Waals surface area contributed by atoms with Gasteiger partial charge in [0, 0.05) is 6.20 Å². The summed E-state index contributed by atoms with van der Waals surface area (Å²) in [5.41, 5.74) is 2.48. The van der Waals surface area contributed by atoms with Gasteiger partial charge in [-0.05, 0) is 20.8 Å². The van der Waals surface area contributed by atoms with Gasteiger partial charge in [0.05, 0.1) is 29.6 Å². The van der Waals surface area contributed by atoms with Gasteiger partial charge in [-0.3, -0.25) is 4.79 Å². The Morgan fingerprint density at radius 2 is 2.00 bits per heavy atom. The van der Waals surface area contributed by atoms with E-state index in [0.717, 1.165) is 0 Å². The number of hydrogen-bond acceptors (Lipinski definition) is 5. The van der Waals surface area contributed by atoms with Gasteiger partial charge in [0.25, 0.3) is 0 Å². The van der Waals surface area contributed by atoms with E-state index in [9.17, 15) is 9.59 Å². The Morgan fingerprint density at radius 3 is 2.56 bits per heavy atom. The van der Waals surface area contributed by atoms with Crippen LogP contribution in [0, 0.1) is 13.8 Å². The van der Waals surface area contributed by atoms with Gasteiger partial charge in [-0.15, -0.1) is 0 Å². The van der Waals surface area contributed by atoms with Gasteiger partial charge in [0.15, 0.2) is 11.4 Å². The number of ketones is 1. The molecule has 0 fully saturated rings. The Bertz CT molecular complexity index is 658. The van der Waals surface area contributed by atoms with Crippen molar-refractivity contribution in [2.45, 2.75) is 20.8 Å². The van der Waals surface area contributed by atoms with Crippen molar-refractivity contribution in [3.8, 4) is 0 Å². The van der Waals surface area contributed by atoms with Crippen LogP contribution >= 0.6 is 0 Å². The molecule has 6 heteroatoms. The molecule has 18 heavy (non-hydrogen) atoms. The van der Waals surface area contributed by atoms with Crippen molar-refractivity contribution in [3.05, 3.63) is 28.7 Å². The van der Waals surface area contributed by atoms with Crippen molar-refractivity contribution in [1.29, 1.82) is 0 Å². The first-order valence-electron chi connectivity index (χ1n) is 5.41. The number of carbonyl (C=O) groups is 2. The molecule has 0 spiro atoms. The highest BCUT2D eigenvalue weighted by molar-refractivity contribution is 6.01. The number of carbonyl (C=O) groups excluding carboxylic acids is 2. The molecule has 0 radical (unpaired) electrons. The lowest BCUT2D eigenvalue weighted by Crippen LogP contribution is -2.09. The minimum atomic E-state index is -0.473. The molecule has 0 aliphatic carbocycles. The average Bonchev–Trinajstić information content (AvgIpc) is 2.66. The molecule has 0 aliphatic heterocycles. The molecule has 0 amide bonds. The van der Waals surface area contributed by atoms with Gasteiger partial charge in [0.1, 0.15) is 0 Å². The molecule has 2 heterocycles. The third-order valence-corrected chi connectivity index (χ3v) is 2.82. The van der Waals surface area contributed by atoms with Gasteiger partial charge < -0.3 is 4.74 Å². The van der Waals surface area contributed by atoms with E-state index in [4.69, 9.17) is 0 Å². The number of methoxy groups -OCH3 is 1. The molecule has 0 bridgehead atoms. The molecule has 2 aromatic rings.